The summed E-state index contributed by atoms with van der Waals surface area (Å²) in [4.78, 5) is 10.6. The van der Waals surface area contributed by atoms with Crippen LogP contribution in [0.3, 0.4) is 0 Å². The van der Waals surface area contributed by atoms with E-state index in [2.05, 4.69) is 29.3 Å². The molecule has 0 heterocycles. The Morgan fingerprint density at radius 2 is 1.52 bits per heavy atom. The second kappa shape index (κ2) is 26.6. The van der Waals surface area contributed by atoms with Crippen molar-refractivity contribution < 1.29 is 14.3 Å². The van der Waals surface area contributed by atoms with E-state index in [-0.39, 0.29) is 12.4 Å². The number of ketones is 1. The molecule has 0 aliphatic carbocycles. The summed E-state index contributed by atoms with van der Waals surface area (Å²) in [5.74, 6) is 6.08. The summed E-state index contributed by atoms with van der Waals surface area (Å²) in [5.41, 5.74) is 2.23. The molecule has 1 aromatic rings. The first kappa shape index (κ1) is 30.1. The summed E-state index contributed by atoms with van der Waals surface area (Å²) >= 11 is 0. The molecule has 1 rings (SSSR count). The number of carbonyl (C=O) groups excluding carboxylic acids is 1. The maximum absolute atomic E-state index is 10.6. The van der Waals surface area contributed by atoms with Crippen molar-refractivity contribution >= 4 is 5.78 Å². The lowest BCUT2D eigenvalue weighted by atomic mass is 10.1. The van der Waals surface area contributed by atoms with E-state index in [1.807, 2.05) is 60.7 Å². The van der Waals surface area contributed by atoms with Gasteiger partial charge < -0.3 is 14.8 Å². The Morgan fingerprint density at radius 1 is 0.963 bits per heavy atom. The van der Waals surface area contributed by atoms with Gasteiger partial charge in [-0.05, 0) is 38.1 Å². The molecular formula is C23H41NO3. The largest absolute Gasteiger partial charge is 0.374 e. The number of nitrogens with one attached hydrogen (secondary N) is 1. The number of ether oxygens (including phenoxy) is 2. The molecule has 1 aromatic carbocycles. The first-order valence-corrected chi connectivity index (χ1v) is 10.1. The van der Waals surface area contributed by atoms with E-state index in [0.29, 0.717) is 19.8 Å². The Morgan fingerprint density at radius 3 is 2.04 bits per heavy atom. The molecule has 0 saturated heterocycles. The van der Waals surface area contributed by atoms with Crippen LogP contribution in [0.5, 0.6) is 0 Å². The molecule has 4 nitrogen and oxygen atoms in total. The molecule has 0 bridgehead atoms. The van der Waals surface area contributed by atoms with Crippen LogP contribution in [0.2, 0.25) is 0 Å². The molecule has 156 valence electrons. The number of rotatable bonds is 9. The van der Waals surface area contributed by atoms with E-state index in [4.69, 9.17) is 9.47 Å². The van der Waals surface area contributed by atoms with Gasteiger partial charge in [0.25, 0.3) is 0 Å². The zero-order chi connectivity index (χ0) is 21.3. The quantitative estimate of drug-likeness (QED) is 0.492. The fraction of sp³-hybridized carbons (Fsp3) is 0.609. The molecule has 0 radical (unpaired) electrons. The van der Waals surface area contributed by atoms with Crippen LogP contribution in [0.1, 0.15) is 66.0 Å². The molecule has 0 fully saturated rings. The standard InChI is InChI=1S/C17H23NO3.3C2H6/c1-15(19)14-21-12-4-11-20-10-3-5-16-6-8-17(9-7-16)13-18-2;3*1-2/h6-9,18H,4,10-14H2,1-2H3;3*1-2H3. The van der Waals surface area contributed by atoms with Crippen LogP contribution in [-0.2, 0) is 20.8 Å². The van der Waals surface area contributed by atoms with E-state index in [0.717, 1.165) is 18.5 Å². The minimum atomic E-state index is 0.0440. The lowest BCUT2D eigenvalue weighted by Gasteiger charge is -2.01. The van der Waals surface area contributed by atoms with Crippen LogP contribution in [0.25, 0.3) is 0 Å². The zero-order valence-corrected chi connectivity index (χ0v) is 18.8. The highest BCUT2D eigenvalue weighted by molar-refractivity contribution is 5.76. The SMILES string of the molecule is CC.CC.CC.CNCc1ccc(C#CCOCCCOCC(C)=O)cc1. The second-order valence-electron chi connectivity index (χ2n) is 4.69. The van der Waals surface area contributed by atoms with Gasteiger partial charge in [0, 0.05) is 18.7 Å². The van der Waals surface area contributed by atoms with Crippen LogP contribution in [0, 0.1) is 11.8 Å². The van der Waals surface area contributed by atoms with Crippen molar-refractivity contribution in [1.29, 1.82) is 0 Å². The number of carbonyl (C=O) groups is 1. The Bertz CT molecular complexity index is 473. The molecule has 0 amide bonds. The molecule has 0 atom stereocenters. The minimum Gasteiger partial charge on any atom is -0.374 e. The maximum atomic E-state index is 10.6. The smallest absolute Gasteiger partial charge is 0.155 e. The molecule has 0 saturated carbocycles. The predicted octanol–water partition coefficient (Wildman–Crippen LogP) is 4.85. The van der Waals surface area contributed by atoms with Crippen LogP contribution in [0.4, 0.5) is 0 Å². The monoisotopic (exact) mass is 379 g/mol. The van der Waals surface area contributed by atoms with E-state index >= 15 is 0 Å². The topological polar surface area (TPSA) is 47.6 Å². The van der Waals surface area contributed by atoms with E-state index in [9.17, 15) is 4.79 Å². The molecule has 0 aliphatic rings. The van der Waals surface area contributed by atoms with Gasteiger partial charge in [0.1, 0.15) is 13.2 Å². The molecule has 0 aromatic heterocycles. The average Bonchev–Trinajstić information content (AvgIpc) is 2.72. The molecule has 0 spiro atoms. The fourth-order valence-corrected chi connectivity index (χ4v) is 1.65. The molecule has 0 aliphatic heterocycles. The summed E-state index contributed by atoms with van der Waals surface area (Å²) in [7, 11) is 1.93. The van der Waals surface area contributed by atoms with Crippen molar-refractivity contribution in [2.75, 3.05) is 33.5 Å². The van der Waals surface area contributed by atoms with Crippen molar-refractivity contribution in [3.63, 3.8) is 0 Å². The third-order valence-electron chi connectivity index (χ3n) is 2.62. The number of hydrogen-bond acceptors (Lipinski definition) is 4. The maximum Gasteiger partial charge on any atom is 0.155 e. The summed E-state index contributed by atoms with van der Waals surface area (Å²) in [6.07, 6.45) is 0.772. The Balaban J connectivity index is -0.000000869. The molecule has 27 heavy (non-hydrogen) atoms. The first-order valence-electron chi connectivity index (χ1n) is 10.1. The normalized spacial score (nSPS) is 8.44. The van der Waals surface area contributed by atoms with Gasteiger partial charge in [-0.2, -0.15) is 0 Å². The summed E-state index contributed by atoms with van der Waals surface area (Å²) in [5, 5.41) is 3.11. The number of benzene rings is 1. The molecule has 4 heteroatoms. The third-order valence-corrected chi connectivity index (χ3v) is 2.62. The summed E-state index contributed by atoms with van der Waals surface area (Å²) in [6, 6.07) is 8.14. The minimum absolute atomic E-state index is 0.0440. The van der Waals surface area contributed by atoms with Crippen LogP contribution in [-0.4, -0.2) is 39.3 Å². The molecule has 0 unspecified atom stereocenters. The fourth-order valence-electron chi connectivity index (χ4n) is 1.65. The van der Waals surface area contributed by atoms with Crippen LogP contribution < -0.4 is 5.32 Å². The second-order valence-corrected chi connectivity index (χ2v) is 4.69. The lowest BCUT2D eigenvalue weighted by molar-refractivity contribution is -0.121. The molecule has 1 N–H and O–H groups in total. The lowest BCUT2D eigenvalue weighted by Crippen LogP contribution is -2.07. The third kappa shape index (κ3) is 22.3. The van der Waals surface area contributed by atoms with Gasteiger partial charge >= 0.3 is 0 Å². The predicted molar refractivity (Wildman–Crippen MR) is 117 cm³/mol. The van der Waals surface area contributed by atoms with Crippen LogP contribution in [0.15, 0.2) is 24.3 Å². The van der Waals surface area contributed by atoms with E-state index in [1.165, 1.54) is 12.5 Å². The first-order chi connectivity index (χ1) is 13.2. The van der Waals surface area contributed by atoms with Gasteiger partial charge in [0.2, 0.25) is 0 Å². The highest BCUT2D eigenvalue weighted by atomic mass is 16.5. The Kier molecular flexibility index (Phi) is 29.6. The van der Waals surface area contributed by atoms with Crippen molar-refractivity contribution in [3.05, 3.63) is 35.4 Å². The Hall–Kier alpha value is -1.67. The van der Waals surface area contributed by atoms with Crippen molar-refractivity contribution in [3.8, 4) is 11.8 Å². The van der Waals surface area contributed by atoms with E-state index in [1.54, 1.807) is 0 Å². The number of Topliss-reactive ketones (excluding diaryl/α,β-unsaturated/α-hetero) is 1. The van der Waals surface area contributed by atoms with Gasteiger partial charge in [0.15, 0.2) is 5.78 Å². The molecular weight excluding hydrogens is 338 g/mol. The van der Waals surface area contributed by atoms with Gasteiger partial charge in [-0.1, -0.05) is 65.5 Å². The summed E-state index contributed by atoms with van der Waals surface area (Å²) < 4.78 is 10.5. The van der Waals surface area contributed by atoms with Crippen molar-refractivity contribution in [1.82, 2.24) is 5.32 Å². The average molecular weight is 380 g/mol. The number of hydrogen-bond donors (Lipinski definition) is 1. The van der Waals surface area contributed by atoms with Gasteiger partial charge in [0.05, 0.1) is 6.61 Å². The van der Waals surface area contributed by atoms with Crippen molar-refractivity contribution in [2.24, 2.45) is 0 Å². The van der Waals surface area contributed by atoms with Crippen LogP contribution >= 0.6 is 0 Å². The summed E-state index contributed by atoms with van der Waals surface area (Å²) in [6.45, 7) is 16.1. The Labute approximate surface area is 168 Å². The van der Waals surface area contributed by atoms with Gasteiger partial charge in [-0.25, -0.2) is 0 Å². The highest BCUT2D eigenvalue weighted by Crippen LogP contribution is 2.02. The van der Waals surface area contributed by atoms with Crippen molar-refractivity contribution in [2.45, 2.75) is 61.4 Å². The van der Waals surface area contributed by atoms with Gasteiger partial charge in [-0.3, -0.25) is 4.79 Å². The van der Waals surface area contributed by atoms with Gasteiger partial charge in [-0.15, -0.1) is 0 Å². The van der Waals surface area contributed by atoms with E-state index < -0.39 is 0 Å². The zero-order valence-electron chi connectivity index (χ0n) is 18.8. The highest BCUT2D eigenvalue weighted by Gasteiger charge is 1.93.